The van der Waals surface area contributed by atoms with Gasteiger partial charge in [0.25, 0.3) is 0 Å². The maximum Gasteiger partial charge on any atom is 0.225 e. The lowest BCUT2D eigenvalue weighted by Gasteiger charge is -2.30. The molecule has 3 fully saturated rings. The number of likely N-dealkylation sites (tertiary alicyclic amines) is 1. The number of benzene rings is 3. The van der Waals surface area contributed by atoms with E-state index in [0.29, 0.717) is 58.9 Å². The van der Waals surface area contributed by atoms with E-state index in [1.165, 1.54) is 12.1 Å². The van der Waals surface area contributed by atoms with Gasteiger partial charge in [-0.05, 0) is 99.3 Å². The molecule has 1 aliphatic carbocycles. The SMILES string of the molecule is O=C(NC(CN1CCCC1)C(O)c1ccc(OC2CC2)c(Cl)c1)C1CCN(c2ccc(Cl)c(Oc3ccc(F)cc3)c2)C1. The molecule has 1 saturated carbocycles. The highest BCUT2D eigenvalue weighted by Gasteiger charge is 2.33. The Bertz CT molecular complexity index is 1430. The van der Waals surface area contributed by atoms with Gasteiger partial charge in [0.2, 0.25) is 5.91 Å². The normalized spacial score (nSPS) is 20.2. The Hall–Kier alpha value is -3.04. The predicted octanol–water partition coefficient (Wildman–Crippen LogP) is 6.61. The summed E-state index contributed by atoms with van der Waals surface area (Å²) in [5.74, 6) is 0.891. The van der Waals surface area contributed by atoms with Gasteiger partial charge in [-0.1, -0.05) is 29.3 Å². The Morgan fingerprint density at radius 3 is 2.44 bits per heavy atom. The van der Waals surface area contributed by atoms with Gasteiger partial charge in [0, 0.05) is 31.4 Å². The monoisotopic (exact) mass is 627 g/mol. The van der Waals surface area contributed by atoms with Crippen LogP contribution in [0.5, 0.6) is 17.2 Å². The van der Waals surface area contributed by atoms with Crippen LogP contribution in [-0.4, -0.2) is 60.8 Å². The summed E-state index contributed by atoms with van der Waals surface area (Å²) >= 11 is 12.9. The molecule has 3 aromatic carbocycles. The number of nitrogens with zero attached hydrogens (tertiary/aromatic N) is 2. The summed E-state index contributed by atoms with van der Waals surface area (Å²) in [5.41, 5.74) is 1.54. The number of nitrogens with one attached hydrogen (secondary N) is 1. The average Bonchev–Trinajstić information content (AvgIpc) is 3.43. The van der Waals surface area contributed by atoms with E-state index < -0.39 is 12.1 Å². The van der Waals surface area contributed by atoms with Gasteiger partial charge in [-0.2, -0.15) is 0 Å². The minimum atomic E-state index is -0.919. The highest BCUT2D eigenvalue weighted by molar-refractivity contribution is 6.32. The number of rotatable bonds is 11. The van der Waals surface area contributed by atoms with E-state index in [9.17, 15) is 14.3 Å². The molecule has 3 aliphatic rings. The quantitative estimate of drug-likeness (QED) is 0.249. The van der Waals surface area contributed by atoms with Gasteiger partial charge in [-0.25, -0.2) is 4.39 Å². The summed E-state index contributed by atoms with van der Waals surface area (Å²) in [4.78, 5) is 18.0. The number of amides is 1. The second-order valence-electron chi connectivity index (χ2n) is 11.7. The third-order valence-electron chi connectivity index (χ3n) is 8.36. The first-order chi connectivity index (χ1) is 20.8. The van der Waals surface area contributed by atoms with Crippen LogP contribution in [0.2, 0.25) is 10.0 Å². The van der Waals surface area contributed by atoms with Gasteiger partial charge < -0.3 is 29.7 Å². The zero-order chi connectivity index (χ0) is 29.9. The minimum Gasteiger partial charge on any atom is -0.489 e. The highest BCUT2D eigenvalue weighted by Crippen LogP contribution is 2.36. The Labute approximate surface area is 261 Å². The second-order valence-corrected chi connectivity index (χ2v) is 12.5. The zero-order valence-corrected chi connectivity index (χ0v) is 25.4. The predicted molar refractivity (Wildman–Crippen MR) is 166 cm³/mol. The molecule has 2 N–H and O–H groups in total. The molecule has 2 heterocycles. The van der Waals surface area contributed by atoms with Crippen molar-refractivity contribution in [2.45, 2.75) is 50.4 Å². The molecular formula is C33H36Cl2FN3O4. The fourth-order valence-electron chi connectivity index (χ4n) is 5.77. The van der Waals surface area contributed by atoms with Crippen LogP contribution >= 0.6 is 23.2 Å². The van der Waals surface area contributed by atoms with Gasteiger partial charge >= 0.3 is 0 Å². The number of carbonyl (C=O) groups excluding carboxylic acids is 1. The first-order valence-corrected chi connectivity index (χ1v) is 15.7. The number of hydrogen-bond acceptors (Lipinski definition) is 6. The number of anilines is 1. The zero-order valence-electron chi connectivity index (χ0n) is 23.9. The maximum atomic E-state index is 13.6. The van der Waals surface area contributed by atoms with Crippen LogP contribution < -0.4 is 19.7 Å². The van der Waals surface area contributed by atoms with Gasteiger partial charge in [-0.3, -0.25) is 4.79 Å². The van der Waals surface area contributed by atoms with Crippen molar-refractivity contribution in [3.8, 4) is 17.2 Å². The lowest BCUT2D eigenvalue weighted by atomic mass is 10.00. The van der Waals surface area contributed by atoms with Crippen LogP contribution in [0.15, 0.2) is 60.7 Å². The van der Waals surface area contributed by atoms with Crippen molar-refractivity contribution in [2.75, 3.05) is 37.6 Å². The molecule has 3 aromatic rings. The van der Waals surface area contributed by atoms with E-state index >= 15 is 0 Å². The van der Waals surface area contributed by atoms with Crippen molar-refractivity contribution >= 4 is 34.8 Å². The van der Waals surface area contributed by atoms with E-state index in [1.54, 1.807) is 24.3 Å². The van der Waals surface area contributed by atoms with Crippen molar-refractivity contribution in [3.63, 3.8) is 0 Å². The lowest BCUT2D eigenvalue weighted by Crippen LogP contribution is -2.48. The Morgan fingerprint density at radius 2 is 1.72 bits per heavy atom. The lowest BCUT2D eigenvalue weighted by molar-refractivity contribution is -0.126. The van der Waals surface area contributed by atoms with Gasteiger partial charge in [-0.15, -0.1) is 0 Å². The summed E-state index contributed by atoms with van der Waals surface area (Å²) in [6, 6.07) is 16.2. The van der Waals surface area contributed by atoms with E-state index in [0.717, 1.165) is 44.5 Å². The molecule has 0 spiro atoms. The molecule has 1 amide bonds. The van der Waals surface area contributed by atoms with Crippen LogP contribution in [0.1, 0.15) is 43.8 Å². The third kappa shape index (κ3) is 7.55. The van der Waals surface area contributed by atoms with Crippen molar-refractivity contribution in [1.82, 2.24) is 10.2 Å². The molecule has 3 unspecified atom stereocenters. The largest absolute Gasteiger partial charge is 0.489 e. The van der Waals surface area contributed by atoms with Crippen molar-refractivity contribution in [3.05, 3.63) is 82.1 Å². The smallest absolute Gasteiger partial charge is 0.225 e. The van der Waals surface area contributed by atoms with E-state index in [1.807, 2.05) is 24.3 Å². The molecule has 6 rings (SSSR count). The molecule has 7 nitrogen and oxygen atoms in total. The Morgan fingerprint density at radius 1 is 0.953 bits per heavy atom. The van der Waals surface area contributed by atoms with Crippen LogP contribution in [0.25, 0.3) is 0 Å². The summed E-state index contributed by atoms with van der Waals surface area (Å²) < 4.78 is 25.1. The molecule has 0 aromatic heterocycles. The molecule has 2 saturated heterocycles. The van der Waals surface area contributed by atoms with E-state index in [2.05, 4.69) is 15.1 Å². The summed E-state index contributed by atoms with van der Waals surface area (Å²) in [7, 11) is 0. The Balaban J connectivity index is 1.12. The Kier molecular flexibility index (Phi) is 9.28. The standard InChI is InChI=1S/C33H36Cl2FN3O4/c34-27-11-6-24(18-31(27)43-25-7-4-23(36)5-8-25)39-16-13-22(19-39)33(41)37-29(20-38-14-1-2-15-38)32(40)21-3-12-30(28(35)17-21)42-26-9-10-26/h3-8,11-12,17-18,22,26,29,32,40H,1-2,9-10,13-16,19-20H2,(H,37,41). The number of aliphatic hydroxyl groups excluding tert-OH is 1. The first kappa shape index (κ1) is 30.0. The number of ether oxygens (including phenoxy) is 2. The van der Waals surface area contributed by atoms with Gasteiger partial charge in [0.05, 0.1) is 28.1 Å². The van der Waals surface area contributed by atoms with Crippen LogP contribution in [0.4, 0.5) is 10.1 Å². The molecule has 0 radical (unpaired) electrons. The van der Waals surface area contributed by atoms with Crippen LogP contribution in [-0.2, 0) is 4.79 Å². The molecule has 3 atom stereocenters. The topological polar surface area (TPSA) is 74.3 Å². The summed E-state index contributed by atoms with van der Waals surface area (Å²) in [6.45, 7) is 3.67. The summed E-state index contributed by atoms with van der Waals surface area (Å²) in [5, 5.41) is 15.6. The molecular weight excluding hydrogens is 592 g/mol. The second kappa shape index (κ2) is 13.3. The minimum absolute atomic E-state index is 0.0812. The third-order valence-corrected chi connectivity index (χ3v) is 8.97. The number of hydrogen-bond donors (Lipinski definition) is 2. The van der Waals surface area contributed by atoms with E-state index in [-0.39, 0.29) is 23.7 Å². The fraction of sp³-hybridized carbons (Fsp3) is 0.424. The molecule has 2 aliphatic heterocycles. The van der Waals surface area contributed by atoms with E-state index in [4.69, 9.17) is 32.7 Å². The van der Waals surface area contributed by atoms with Crippen molar-refractivity contribution < 1.29 is 23.8 Å². The molecule has 10 heteroatoms. The van der Waals surface area contributed by atoms with Crippen LogP contribution in [0, 0.1) is 11.7 Å². The van der Waals surface area contributed by atoms with Gasteiger partial charge in [0.15, 0.2) is 0 Å². The number of aliphatic hydroxyl groups is 1. The maximum absolute atomic E-state index is 13.6. The number of carbonyl (C=O) groups is 1. The van der Waals surface area contributed by atoms with Gasteiger partial charge in [0.1, 0.15) is 29.2 Å². The van der Waals surface area contributed by atoms with Crippen molar-refractivity contribution in [2.24, 2.45) is 5.92 Å². The highest BCUT2D eigenvalue weighted by atomic mass is 35.5. The molecule has 228 valence electrons. The summed E-state index contributed by atoms with van der Waals surface area (Å²) in [6.07, 6.45) is 4.27. The fourth-order valence-corrected chi connectivity index (χ4v) is 6.16. The first-order valence-electron chi connectivity index (χ1n) is 15.0. The van der Waals surface area contributed by atoms with Crippen LogP contribution in [0.3, 0.4) is 0 Å². The average molecular weight is 629 g/mol. The molecule has 0 bridgehead atoms. The van der Waals surface area contributed by atoms with Crippen molar-refractivity contribution in [1.29, 1.82) is 0 Å². The number of halogens is 3. The molecule has 43 heavy (non-hydrogen) atoms.